The van der Waals surface area contributed by atoms with E-state index in [2.05, 4.69) is 0 Å². The summed E-state index contributed by atoms with van der Waals surface area (Å²) in [6.07, 6.45) is 2.02. The fraction of sp³-hybridized carbons (Fsp3) is 0.105. The molecule has 0 fully saturated rings. The number of carboxylic acids is 1. The third-order valence-electron chi connectivity index (χ3n) is 3.48. The van der Waals surface area contributed by atoms with Crippen molar-refractivity contribution in [1.29, 1.82) is 0 Å². The maximum atomic E-state index is 11.2. The minimum atomic E-state index is -0.887. The fourth-order valence-electron chi connectivity index (χ4n) is 2.10. The predicted octanol–water partition coefficient (Wildman–Crippen LogP) is 4.65. The second-order valence-electron chi connectivity index (χ2n) is 4.89. The number of carbonyl (C=O) groups is 1. The van der Waals surface area contributed by atoms with Gasteiger partial charge in [-0.3, -0.25) is 0 Å². The molecule has 1 N–H and O–H groups in total. The van der Waals surface area contributed by atoms with Crippen LogP contribution >= 0.6 is 0 Å². The minimum Gasteiger partial charge on any atom is -0.478 e. The van der Waals surface area contributed by atoms with Crippen LogP contribution in [0.1, 0.15) is 25.0 Å². The summed E-state index contributed by atoms with van der Waals surface area (Å²) >= 11 is 0. The quantitative estimate of drug-likeness (QED) is 0.502. The van der Waals surface area contributed by atoms with Crippen LogP contribution in [0.3, 0.4) is 0 Å². The van der Waals surface area contributed by atoms with Crippen LogP contribution in [0.2, 0.25) is 0 Å². The Kier molecular flexibility index (Phi) is 4.72. The molecule has 106 valence electrons. The lowest BCUT2D eigenvalue weighted by molar-refractivity contribution is -0.132. The molecule has 0 bridgehead atoms. The van der Waals surface area contributed by atoms with Crippen LogP contribution in [0.4, 0.5) is 0 Å². The van der Waals surface area contributed by atoms with E-state index in [0.717, 1.165) is 22.3 Å². The Bertz CT molecular complexity index is 680. The third-order valence-corrected chi connectivity index (χ3v) is 3.48. The smallest absolute Gasteiger partial charge is 0.331 e. The molecule has 0 aromatic heterocycles. The van der Waals surface area contributed by atoms with Crippen LogP contribution in [0.15, 0.2) is 71.8 Å². The first-order valence-electron chi connectivity index (χ1n) is 6.83. The van der Waals surface area contributed by atoms with Gasteiger partial charge in [-0.15, -0.1) is 0 Å². The van der Waals surface area contributed by atoms with Gasteiger partial charge in [-0.05, 0) is 42.2 Å². The fourth-order valence-corrected chi connectivity index (χ4v) is 2.10. The van der Waals surface area contributed by atoms with Crippen LogP contribution in [0, 0.1) is 0 Å². The van der Waals surface area contributed by atoms with Crippen LogP contribution in [-0.4, -0.2) is 11.1 Å². The van der Waals surface area contributed by atoms with Gasteiger partial charge < -0.3 is 5.11 Å². The van der Waals surface area contributed by atoms with Crippen molar-refractivity contribution in [1.82, 2.24) is 0 Å². The highest BCUT2D eigenvalue weighted by Gasteiger charge is 2.11. The van der Waals surface area contributed by atoms with Gasteiger partial charge in [0, 0.05) is 5.57 Å². The van der Waals surface area contributed by atoms with Crippen LogP contribution in [0.25, 0.3) is 11.6 Å². The minimum absolute atomic E-state index is 0.362. The number of carboxylic acid groups (broad SMARTS) is 1. The zero-order valence-corrected chi connectivity index (χ0v) is 12.2. The lowest BCUT2D eigenvalue weighted by atomic mass is 9.93. The van der Waals surface area contributed by atoms with E-state index >= 15 is 0 Å². The molecule has 0 aliphatic carbocycles. The number of allylic oxidation sites excluding steroid dienone is 2. The SMILES string of the molecule is CC(C(=O)O)=C(C)C(=Cc1ccccc1)c1ccccc1. The normalized spacial score (nSPS) is 12.8. The number of rotatable bonds is 4. The van der Waals surface area contributed by atoms with E-state index in [4.69, 9.17) is 0 Å². The first-order valence-corrected chi connectivity index (χ1v) is 6.83. The topological polar surface area (TPSA) is 37.3 Å². The van der Waals surface area contributed by atoms with Crippen molar-refractivity contribution in [3.8, 4) is 0 Å². The molecule has 2 nitrogen and oxygen atoms in total. The van der Waals surface area contributed by atoms with Crippen LogP contribution in [0.5, 0.6) is 0 Å². The summed E-state index contributed by atoms with van der Waals surface area (Å²) in [6.45, 7) is 3.49. The second-order valence-corrected chi connectivity index (χ2v) is 4.89. The number of aliphatic carboxylic acids is 1. The Labute approximate surface area is 125 Å². The van der Waals surface area contributed by atoms with Crippen LogP contribution in [-0.2, 0) is 4.79 Å². The summed E-state index contributed by atoms with van der Waals surface area (Å²) in [5.74, 6) is -0.887. The van der Waals surface area contributed by atoms with Crippen molar-refractivity contribution in [2.75, 3.05) is 0 Å². The van der Waals surface area contributed by atoms with Crippen molar-refractivity contribution in [3.05, 3.63) is 82.9 Å². The highest BCUT2D eigenvalue weighted by molar-refractivity contribution is 5.98. The summed E-state index contributed by atoms with van der Waals surface area (Å²) in [7, 11) is 0. The van der Waals surface area contributed by atoms with Gasteiger partial charge in [-0.25, -0.2) is 4.79 Å². The lowest BCUT2D eigenvalue weighted by Crippen LogP contribution is -2.01. The lowest BCUT2D eigenvalue weighted by Gasteiger charge is -2.11. The van der Waals surface area contributed by atoms with E-state index in [0.29, 0.717) is 5.57 Å². The van der Waals surface area contributed by atoms with E-state index in [1.165, 1.54) is 0 Å². The van der Waals surface area contributed by atoms with Gasteiger partial charge in [0.15, 0.2) is 0 Å². The van der Waals surface area contributed by atoms with E-state index in [1.807, 2.05) is 73.7 Å². The van der Waals surface area contributed by atoms with Crippen molar-refractivity contribution >= 4 is 17.6 Å². The van der Waals surface area contributed by atoms with Gasteiger partial charge in [-0.1, -0.05) is 60.7 Å². The van der Waals surface area contributed by atoms with Crippen LogP contribution < -0.4 is 0 Å². The molecule has 21 heavy (non-hydrogen) atoms. The summed E-state index contributed by atoms with van der Waals surface area (Å²) in [5.41, 5.74) is 4.13. The first kappa shape index (κ1) is 14.8. The standard InChI is InChI=1S/C19H18O2/c1-14(15(2)19(20)21)18(17-11-7-4-8-12-17)13-16-9-5-3-6-10-16/h3-13H,1-2H3,(H,20,21). The van der Waals surface area contributed by atoms with Gasteiger partial charge in [0.25, 0.3) is 0 Å². The third kappa shape index (κ3) is 3.69. The maximum absolute atomic E-state index is 11.2. The molecule has 0 saturated carbocycles. The molecule has 0 unspecified atom stereocenters. The van der Waals surface area contributed by atoms with Crippen molar-refractivity contribution in [3.63, 3.8) is 0 Å². The van der Waals surface area contributed by atoms with E-state index < -0.39 is 5.97 Å². The molecule has 0 heterocycles. The van der Waals surface area contributed by atoms with Gasteiger partial charge >= 0.3 is 5.97 Å². The molecule has 2 aromatic rings. The van der Waals surface area contributed by atoms with E-state index in [-0.39, 0.29) is 0 Å². The van der Waals surface area contributed by atoms with Crippen molar-refractivity contribution in [2.24, 2.45) is 0 Å². The molecule has 0 saturated heterocycles. The summed E-state index contributed by atoms with van der Waals surface area (Å²) in [4.78, 5) is 11.2. The Hall–Kier alpha value is -2.61. The zero-order chi connectivity index (χ0) is 15.2. The highest BCUT2D eigenvalue weighted by Crippen LogP contribution is 2.27. The van der Waals surface area contributed by atoms with Gasteiger partial charge in [0.2, 0.25) is 0 Å². The van der Waals surface area contributed by atoms with Gasteiger partial charge in [0.1, 0.15) is 0 Å². The second kappa shape index (κ2) is 6.71. The Morgan fingerprint density at radius 1 is 0.857 bits per heavy atom. The number of hydrogen-bond acceptors (Lipinski definition) is 1. The summed E-state index contributed by atoms with van der Waals surface area (Å²) < 4.78 is 0. The molecule has 0 amide bonds. The highest BCUT2D eigenvalue weighted by atomic mass is 16.4. The Balaban J connectivity index is 2.59. The van der Waals surface area contributed by atoms with Crippen molar-refractivity contribution < 1.29 is 9.90 Å². The molecule has 0 aliphatic rings. The molecule has 0 atom stereocenters. The average Bonchev–Trinajstić information content (AvgIpc) is 2.53. The largest absolute Gasteiger partial charge is 0.478 e. The Morgan fingerprint density at radius 3 is 1.90 bits per heavy atom. The number of benzene rings is 2. The molecular formula is C19H18O2. The molecule has 0 aliphatic heterocycles. The zero-order valence-electron chi connectivity index (χ0n) is 12.2. The first-order chi connectivity index (χ1) is 10.1. The average molecular weight is 278 g/mol. The molecule has 0 radical (unpaired) electrons. The molecular weight excluding hydrogens is 260 g/mol. The van der Waals surface area contributed by atoms with E-state index in [1.54, 1.807) is 6.92 Å². The number of hydrogen-bond donors (Lipinski definition) is 1. The van der Waals surface area contributed by atoms with Gasteiger partial charge in [-0.2, -0.15) is 0 Å². The summed E-state index contributed by atoms with van der Waals surface area (Å²) in [6, 6.07) is 19.8. The molecule has 2 aromatic carbocycles. The van der Waals surface area contributed by atoms with E-state index in [9.17, 15) is 9.90 Å². The van der Waals surface area contributed by atoms with Crippen molar-refractivity contribution in [2.45, 2.75) is 13.8 Å². The molecule has 2 rings (SSSR count). The predicted molar refractivity (Wildman–Crippen MR) is 86.8 cm³/mol. The van der Waals surface area contributed by atoms with Gasteiger partial charge in [0.05, 0.1) is 0 Å². The molecule has 2 heteroatoms. The monoisotopic (exact) mass is 278 g/mol. The Morgan fingerprint density at radius 2 is 1.38 bits per heavy atom. The summed E-state index contributed by atoms with van der Waals surface area (Å²) in [5, 5.41) is 9.23. The molecule has 0 spiro atoms. The maximum Gasteiger partial charge on any atom is 0.331 e.